The zero-order chi connectivity index (χ0) is 24.1. The normalized spacial score (nSPS) is 27.2. The Morgan fingerprint density at radius 1 is 1.26 bits per heavy atom. The van der Waals surface area contributed by atoms with Crippen molar-refractivity contribution >= 4 is 11.9 Å². The number of methoxy groups -OCH3 is 1. The minimum atomic E-state index is -1.02. The number of esters is 1. The molecule has 0 unspecified atom stereocenters. The van der Waals surface area contributed by atoms with Gasteiger partial charge in [0.05, 0.1) is 24.5 Å². The summed E-state index contributed by atoms with van der Waals surface area (Å²) in [5.41, 5.74) is 2.27. The van der Waals surface area contributed by atoms with Gasteiger partial charge in [-0.2, -0.15) is 0 Å². The van der Waals surface area contributed by atoms with Crippen LogP contribution >= 0.6 is 0 Å². The summed E-state index contributed by atoms with van der Waals surface area (Å²) in [6.07, 6.45) is 5.15. The maximum atomic E-state index is 12.7. The van der Waals surface area contributed by atoms with Gasteiger partial charge in [0.1, 0.15) is 11.7 Å². The Balaban J connectivity index is 1.41. The summed E-state index contributed by atoms with van der Waals surface area (Å²) in [5, 5.41) is 9.19. The summed E-state index contributed by atoms with van der Waals surface area (Å²) in [7, 11) is 3.78. The van der Waals surface area contributed by atoms with Crippen LogP contribution in [0.15, 0.2) is 48.6 Å². The van der Waals surface area contributed by atoms with Crippen LogP contribution in [-0.4, -0.2) is 54.4 Å². The van der Waals surface area contributed by atoms with Gasteiger partial charge in [-0.3, -0.25) is 4.79 Å². The molecule has 1 spiro atoms. The third kappa shape index (κ3) is 3.55. The minimum absolute atomic E-state index is 0.0111. The average Bonchev–Trinajstić information content (AvgIpc) is 2.96. The fourth-order valence-electron chi connectivity index (χ4n) is 5.76. The molecule has 7 nitrogen and oxygen atoms in total. The Kier molecular flexibility index (Phi) is 5.40. The summed E-state index contributed by atoms with van der Waals surface area (Å²) in [5.74, 6) is 0.0926. The van der Waals surface area contributed by atoms with E-state index >= 15 is 0 Å². The fourth-order valence-corrected chi connectivity index (χ4v) is 5.76. The second-order valence-corrected chi connectivity index (χ2v) is 9.70. The minimum Gasteiger partial charge on any atom is -0.493 e. The highest BCUT2D eigenvalue weighted by atomic mass is 16.6. The predicted molar refractivity (Wildman–Crippen MR) is 125 cm³/mol. The highest BCUT2D eigenvalue weighted by Crippen LogP contribution is 2.60. The fraction of sp³-hybridized carbons (Fsp3) is 0.407. The van der Waals surface area contributed by atoms with Crippen molar-refractivity contribution in [2.24, 2.45) is 0 Å². The van der Waals surface area contributed by atoms with Crippen LogP contribution in [0.25, 0.3) is 0 Å². The molecule has 3 aliphatic rings. The van der Waals surface area contributed by atoms with E-state index in [4.69, 9.17) is 14.2 Å². The third-order valence-electron chi connectivity index (χ3n) is 7.46. The van der Waals surface area contributed by atoms with Gasteiger partial charge in [0, 0.05) is 18.5 Å². The maximum Gasteiger partial charge on any atom is 0.335 e. The van der Waals surface area contributed by atoms with E-state index in [0.29, 0.717) is 12.0 Å². The lowest BCUT2D eigenvalue weighted by Gasteiger charge is -2.44. The average molecular weight is 464 g/mol. The monoisotopic (exact) mass is 463 g/mol. The molecule has 0 aromatic heterocycles. The molecule has 2 aliphatic heterocycles. The van der Waals surface area contributed by atoms with E-state index in [2.05, 4.69) is 31.0 Å². The summed E-state index contributed by atoms with van der Waals surface area (Å²) in [6.45, 7) is 3.86. The van der Waals surface area contributed by atoms with Gasteiger partial charge in [-0.25, -0.2) is 4.79 Å². The van der Waals surface area contributed by atoms with Crippen LogP contribution in [0.1, 0.15) is 46.8 Å². The van der Waals surface area contributed by atoms with Gasteiger partial charge < -0.3 is 24.2 Å². The summed E-state index contributed by atoms with van der Waals surface area (Å²) in [6, 6.07) is 10.5. The highest BCUT2D eigenvalue weighted by molar-refractivity contribution is 5.88. The number of benzene rings is 2. The second kappa shape index (κ2) is 8.17. The molecular weight excluding hydrogens is 434 g/mol. The van der Waals surface area contributed by atoms with E-state index in [0.717, 1.165) is 31.0 Å². The molecule has 34 heavy (non-hydrogen) atoms. The molecule has 2 aromatic rings. The van der Waals surface area contributed by atoms with Crippen LogP contribution in [0, 0.1) is 0 Å². The van der Waals surface area contributed by atoms with Crippen LogP contribution in [0.5, 0.6) is 11.5 Å². The van der Waals surface area contributed by atoms with Crippen molar-refractivity contribution in [1.29, 1.82) is 0 Å². The van der Waals surface area contributed by atoms with E-state index in [9.17, 15) is 14.7 Å². The molecule has 0 saturated carbocycles. The van der Waals surface area contributed by atoms with Crippen LogP contribution in [0.3, 0.4) is 0 Å². The van der Waals surface area contributed by atoms with Crippen molar-refractivity contribution in [1.82, 2.24) is 4.90 Å². The first-order chi connectivity index (χ1) is 16.2. The van der Waals surface area contributed by atoms with E-state index in [-0.39, 0.29) is 17.4 Å². The molecule has 3 atom stereocenters. The van der Waals surface area contributed by atoms with Crippen LogP contribution in [0.2, 0.25) is 0 Å². The van der Waals surface area contributed by atoms with Gasteiger partial charge in [0.25, 0.3) is 0 Å². The number of hydrogen-bond acceptors (Lipinski definition) is 6. The van der Waals surface area contributed by atoms with Gasteiger partial charge in [-0.15, -0.1) is 0 Å². The number of hydrogen-bond donors (Lipinski definition) is 1. The van der Waals surface area contributed by atoms with Gasteiger partial charge in [-0.1, -0.05) is 24.3 Å². The standard InChI is InChI=1S/C27H29NO6/c1-26-15-20(33-22(29)14-17-5-4-6-18(13-17)25(30)31)9-10-27(26)11-12-28(2)16-19-7-8-21(32-3)24(34-26)23(19)27/h4-10,13,20H,11-12,14-16H2,1-3H3,(H,30,31)/t20-,26-,27+/m0/s1. The molecule has 0 saturated heterocycles. The maximum absolute atomic E-state index is 12.7. The molecule has 2 aromatic carbocycles. The quantitative estimate of drug-likeness (QED) is 0.534. The molecular formula is C27H29NO6. The van der Waals surface area contributed by atoms with Crippen LogP contribution in [-0.2, 0) is 27.9 Å². The SMILES string of the molecule is COc1ccc2c3c1O[C@@]1(C)C[C@@H](OC(=O)Cc4cccc(C(=O)O)c4)C=C[C@@]31CCN(C)C2. The lowest BCUT2D eigenvalue weighted by atomic mass is 9.62. The Labute approximate surface area is 198 Å². The molecule has 0 bridgehead atoms. The predicted octanol–water partition coefficient (Wildman–Crippen LogP) is 3.73. The molecule has 7 heteroatoms. The first-order valence-electron chi connectivity index (χ1n) is 11.5. The van der Waals surface area contributed by atoms with E-state index in [1.807, 2.05) is 12.1 Å². The van der Waals surface area contributed by atoms with Gasteiger partial charge in [0.2, 0.25) is 0 Å². The number of carboxylic acid groups (broad SMARTS) is 1. The Morgan fingerprint density at radius 3 is 2.85 bits per heavy atom. The highest BCUT2D eigenvalue weighted by Gasteiger charge is 2.60. The topological polar surface area (TPSA) is 85.3 Å². The molecule has 178 valence electrons. The van der Waals surface area contributed by atoms with E-state index in [1.54, 1.807) is 19.2 Å². The molecule has 2 heterocycles. The molecule has 1 N–H and O–H groups in total. The zero-order valence-electron chi connectivity index (χ0n) is 19.7. The second-order valence-electron chi connectivity index (χ2n) is 9.70. The molecule has 5 rings (SSSR count). The van der Waals surface area contributed by atoms with E-state index < -0.39 is 23.6 Å². The Bertz CT molecular complexity index is 1190. The first kappa shape index (κ1) is 22.5. The lowest BCUT2D eigenvalue weighted by Crippen LogP contribution is -2.53. The van der Waals surface area contributed by atoms with Crippen molar-refractivity contribution in [3.05, 3.63) is 70.8 Å². The molecule has 0 amide bonds. The number of carbonyl (C=O) groups is 2. The number of carbonyl (C=O) groups excluding carboxylic acids is 1. The van der Waals surface area contributed by atoms with Crippen molar-refractivity contribution in [2.45, 2.75) is 49.9 Å². The van der Waals surface area contributed by atoms with Crippen molar-refractivity contribution < 1.29 is 28.9 Å². The Hall–Kier alpha value is -3.32. The van der Waals surface area contributed by atoms with Crippen molar-refractivity contribution in [3.8, 4) is 11.5 Å². The smallest absolute Gasteiger partial charge is 0.335 e. The summed E-state index contributed by atoms with van der Waals surface area (Å²) in [4.78, 5) is 26.3. The molecule has 0 fully saturated rings. The van der Waals surface area contributed by atoms with Crippen molar-refractivity contribution in [2.75, 3.05) is 20.7 Å². The number of rotatable bonds is 5. The van der Waals surface area contributed by atoms with Gasteiger partial charge in [-0.05, 0) is 62.3 Å². The Morgan fingerprint density at radius 2 is 2.09 bits per heavy atom. The lowest BCUT2D eigenvalue weighted by molar-refractivity contribution is -0.149. The number of nitrogens with zero attached hydrogens (tertiary/aromatic N) is 1. The van der Waals surface area contributed by atoms with Gasteiger partial charge in [0.15, 0.2) is 11.5 Å². The van der Waals surface area contributed by atoms with Gasteiger partial charge >= 0.3 is 11.9 Å². The largest absolute Gasteiger partial charge is 0.493 e. The zero-order valence-corrected chi connectivity index (χ0v) is 19.7. The molecule has 0 radical (unpaired) electrons. The van der Waals surface area contributed by atoms with Crippen LogP contribution in [0.4, 0.5) is 0 Å². The van der Waals surface area contributed by atoms with Crippen molar-refractivity contribution in [3.63, 3.8) is 0 Å². The third-order valence-corrected chi connectivity index (χ3v) is 7.46. The van der Waals surface area contributed by atoms with E-state index in [1.165, 1.54) is 23.3 Å². The summed E-state index contributed by atoms with van der Waals surface area (Å²) >= 11 is 0. The number of carboxylic acids is 1. The summed E-state index contributed by atoms with van der Waals surface area (Å²) < 4.78 is 18.1. The number of aromatic carboxylic acids is 1. The molecule has 1 aliphatic carbocycles. The van der Waals surface area contributed by atoms with Crippen LogP contribution < -0.4 is 9.47 Å². The first-order valence-corrected chi connectivity index (χ1v) is 11.5. The number of ether oxygens (including phenoxy) is 3.